The van der Waals surface area contributed by atoms with Gasteiger partial charge in [-0.2, -0.15) is 0 Å². The number of carbonyl (C=O) groups excluding carboxylic acids is 1. The Labute approximate surface area is 154 Å². The quantitative estimate of drug-likeness (QED) is 0.680. The van der Waals surface area contributed by atoms with Gasteiger partial charge in [-0.15, -0.1) is 0 Å². The van der Waals surface area contributed by atoms with E-state index in [0.29, 0.717) is 22.2 Å². The molecule has 130 valence electrons. The molecule has 25 heavy (non-hydrogen) atoms. The molecule has 0 unspecified atom stereocenters. The number of amides is 1. The summed E-state index contributed by atoms with van der Waals surface area (Å²) in [6.07, 6.45) is 1.13. The molecule has 0 saturated carbocycles. The molecule has 1 amide bonds. The van der Waals surface area contributed by atoms with Crippen molar-refractivity contribution in [3.05, 3.63) is 63.8 Å². The zero-order valence-electron chi connectivity index (χ0n) is 13.7. The Hall–Kier alpha value is -2.12. The molecule has 1 aromatic heterocycles. The number of furan rings is 1. The minimum atomic E-state index is -3.33. The number of fused-ring (bicyclic) bond motifs is 1. The van der Waals surface area contributed by atoms with Crippen molar-refractivity contribution < 1.29 is 17.6 Å². The number of hydrogen-bond donors (Lipinski definition) is 1. The van der Waals surface area contributed by atoms with Crippen LogP contribution in [0.15, 0.2) is 51.4 Å². The summed E-state index contributed by atoms with van der Waals surface area (Å²) >= 11 is 3.38. The lowest BCUT2D eigenvalue weighted by Crippen LogP contribution is -2.15. The maximum absolute atomic E-state index is 12.7. The van der Waals surface area contributed by atoms with Crippen LogP contribution in [0.4, 0.5) is 5.69 Å². The van der Waals surface area contributed by atoms with Gasteiger partial charge in [0.1, 0.15) is 5.58 Å². The van der Waals surface area contributed by atoms with E-state index >= 15 is 0 Å². The van der Waals surface area contributed by atoms with Gasteiger partial charge in [-0.1, -0.05) is 34.1 Å². The van der Waals surface area contributed by atoms with E-state index in [1.807, 2.05) is 19.1 Å². The fraction of sp³-hybridized carbons (Fsp3) is 0.167. The summed E-state index contributed by atoms with van der Waals surface area (Å²) in [5.41, 5.74) is 2.38. The van der Waals surface area contributed by atoms with Gasteiger partial charge in [-0.05, 0) is 36.8 Å². The highest BCUT2D eigenvalue weighted by atomic mass is 79.9. The SMILES string of the molecule is Cc1cc(Br)ccc1NC(=O)c1oc2ccccc2c1CS(C)(=O)=O. The standard InChI is InChI=1S/C18H16BrNO4S/c1-11-9-12(19)7-8-15(11)20-18(21)17-14(10-25(2,22)23)13-5-3-4-6-16(13)24-17/h3-9H,10H2,1-2H3,(H,20,21). The van der Waals surface area contributed by atoms with Gasteiger partial charge in [0, 0.05) is 27.4 Å². The summed E-state index contributed by atoms with van der Waals surface area (Å²) < 4.78 is 30.1. The summed E-state index contributed by atoms with van der Waals surface area (Å²) in [7, 11) is -3.33. The number of sulfone groups is 1. The normalized spacial score (nSPS) is 11.6. The fourth-order valence-corrected chi connectivity index (χ4v) is 3.92. The zero-order chi connectivity index (χ0) is 18.2. The summed E-state index contributed by atoms with van der Waals surface area (Å²) in [6, 6.07) is 12.5. The molecule has 2 aromatic carbocycles. The first-order valence-electron chi connectivity index (χ1n) is 7.50. The molecular formula is C18H16BrNO4S. The molecule has 0 bridgehead atoms. The van der Waals surface area contributed by atoms with Crippen LogP contribution in [0, 0.1) is 6.92 Å². The Kier molecular flexibility index (Phi) is 4.71. The van der Waals surface area contributed by atoms with Crippen molar-refractivity contribution in [2.45, 2.75) is 12.7 Å². The first kappa shape index (κ1) is 17.7. The van der Waals surface area contributed by atoms with Crippen molar-refractivity contribution in [3.8, 4) is 0 Å². The Morgan fingerprint density at radius 3 is 2.60 bits per heavy atom. The lowest BCUT2D eigenvalue weighted by atomic mass is 10.1. The van der Waals surface area contributed by atoms with Gasteiger partial charge in [0.25, 0.3) is 5.91 Å². The van der Waals surface area contributed by atoms with Crippen LogP contribution >= 0.6 is 15.9 Å². The van der Waals surface area contributed by atoms with Gasteiger partial charge in [0.05, 0.1) is 5.75 Å². The van der Waals surface area contributed by atoms with Gasteiger partial charge in [-0.3, -0.25) is 4.79 Å². The average molecular weight is 422 g/mol. The molecule has 0 aliphatic carbocycles. The first-order valence-corrected chi connectivity index (χ1v) is 10.4. The number of aryl methyl sites for hydroxylation is 1. The van der Waals surface area contributed by atoms with Crippen LogP contribution in [0.3, 0.4) is 0 Å². The second-order valence-corrected chi connectivity index (χ2v) is 8.95. The van der Waals surface area contributed by atoms with Crippen molar-refractivity contribution in [1.29, 1.82) is 0 Å². The average Bonchev–Trinajstić information content (AvgIpc) is 2.87. The zero-order valence-corrected chi connectivity index (χ0v) is 16.1. The van der Waals surface area contributed by atoms with E-state index in [1.54, 1.807) is 30.3 Å². The number of hydrogen-bond acceptors (Lipinski definition) is 4. The highest BCUT2D eigenvalue weighted by molar-refractivity contribution is 9.10. The van der Waals surface area contributed by atoms with E-state index in [0.717, 1.165) is 16.3 Å². The molecule has 3 rings (SSSR count). The third-order valence-corrected chi connectivity index (χ3v) is 5.05. The molecule has 1 heterocycles. The molecule has 0 spiro atoms. The van der Waals surface area contributed by atoms with Crippen LogP contribution in [0.2, 0.25) is 0 Å². The molecule has 7 heteroatoms. The van der Waals surface area contributed by atoms with Gasteiger partial charge in [-0.25, -0.2) is 8.42 Å². The Balaban J connectivity index is 2.04. The van der Waals surface area contributed by atoms with E-state index in [-0.39, 0.29) is 11.5 Å². The van der Waals surface area contributed by atoms with E-state index in [9.17, 15) is 13.2 Å². The summed E-state index contributed by atoms with van der Waals surface area (Å²) in [6.45, 7) is 1.87. The maximum atomic E-state index is 12.7. The van der Waals surface area contributed by atoms with E-state index in [4.69, 9.17) is 4.42 Å². The Morgan fingerprint density at radius 1 is 1.20 bits per heavy atom. The third-order valence-electron chi connectivity index (χ3n) is 3.75. The van der Waals surface area contributed by atoms with Crippen LogP contribution in [-0.2, 0) is 15.6 Å². The predicted molar refractivity (Wildman–Crippen MR) is 102 cm³/mol. The van der Waals surface area contributed by atoms with Crippen molar-refractivity contribution in [1.82, 2.24) is 0 Å². The van der Waals surface area contributed by atoms with E-state index < -0.39 is 15.7 Å². The molecule has 1 N–H and O–H groups in total. The summed E-state index contributed by atoms with van der Waals surface area (Å²) in [5, 5.41) is 3.42. The monoisotopic (exact) mass is 421 g/mol. The fourth-order valence-electron chi connectivity index (χ4n) is 2.63. The van der Waals surface area contributed by atoms with Crippen molar-refractivity contribution in [3.63, 3.8) is 0 Å². The molecule has 3 aromatic rings. The van der Waals surface area contributed by atoms with Crippen molar-refractivity contribution in [2.24, 2.45) is 0 Å². The van der Waals surface area contributed by atoms with Gasteiger partial charge < -0.3 is 9.73 Å². The van der Waals surface area contributed by atoms with Gasteiger partial charge in [0.2, 0.25) is 0 Å². The number of nitrogens with one attached hydrogen (secondary N) is 1. The number of anilines is 1. The Bertz CT molecular complexity index is 1070. The minimum Gasteiger partial charge on any atom is -0.451 e. The lowest BCUT2D eigenvalue weighted by Gasteiger charge is -2.08. The molecule has 0 radical (unpaired) electrons. The molecule has 0 aliphatic heterocycles. The lowest BCUT2D eigenvalue weighted by molar-refractivity contribution is 0.0997. The van der Waals surface area contributed by atoms with Gasteiger partial charge >= 0.3 is 0 Å². The predicted octanol–water partition coefficient (Wildman–Crippen LogP) is 4.30. The number of rotatable bonds is 4. The topological polar surface area (TPSA) is 76.4 Å². The van der Waals surface area contributed by atoms with Crippen LogP contribution < -0.4 is 5.32 Å². The smallest absolute Gasteiger partial charge is 0.291 e. The second kappa shape index (κ2) is 6.65. The molecule has 5 nitrogen and oxygen atoms in total. The number of halogens is 1. The molecule has 0 atom stereocenters. The van der Waals surface area contributed by atoms with Crippen LogP contribution in [0.1, 0.15) is 21.7 Å². The van der Waals surface area contributed by atoms with Crippen LogP contribution in [-0.4, -0.2) is 20.6 Å². The summed E-state index contributed by atoms with van der Waals surface area (Å²) in [5.74, 6) is -0.708. The van der Waals surface area contributed by atoms with E-state index in [2.05, 4.69) is 21.2 Å². The van der Waals surface area contributed by atoms with Crippen molar-refractivity contribution in [2.75, 3.05) is 11.6 Å². The molecular weight excluding hydrogens is 406 g/mol. The highest BCUT2D eigenvalue weighted by Crippen LogP contribution is 2.29. The largest absolute Gasteiger partial charge is 0.451 e. The number of para-hydroxylation sites is 1. The highest BCUT2D eigenvalue weighted by Gasteiger charge is 2.23. The Morgan fingerprint density at radius 2 is 1.92 bits per heavy atom. The van der Waals surface area contributed by atoms with Crippen molar-refractivity contribution >= 4 is 48.3 Å². The number of benzene rings is 2. The first-order chi connectivity index (χ1) is 11.7. The van der Waals surface area contributed by atoms with Crippen LogP contribution in [0.5, 0.6) is 0 Å². The van der Waals surface area contributed by atoms with Gasteiger partial charge in [0.15, 0.2) is 15.6 Å². The second-order valence-electron chi connectivity index (χ2n) is 5.89. The molecule has 0 aliphatic rings. The van der Waals surface area contributed by atoms with E-state index in [1.165, 1.54) is 0 Å². The maximum Gasteiger partial charge on any atom is 0.291 e. The molecule has 0 fully saturated rings. The summed E-state index contributed by atoms with van der Waals surface area (Å²) in [4.78, 5) is 12.7. The molecule has 0 saturated heterocycles. The minimum absolute atomic E-state index is 0.0222. The van der Waals surface area contributed by atoms with Crippen LogP contribution in [0.25, 0.3) is 11.0 Å². The third kappa shape index (κ3) is 3.93. The number of carbonyl (C=O) groups is 1.